The van der Waals surface area contributed by atoms with Gasteiger partial charge in [-0.05, 0) is 68.6 Å². The molecule has 0 atom stereocenters. The number of aromatic nitrogens is 1. The van der Waals surface area contributed by atoms with Crippen LogP contribution in [0.1, 0.15) is 36.9 Å². The third kappa shape index (κ3) is 5.46. The quantitative estimate of drug-likeness (QED) is 0.428. The molecule has 4 rings (SSSR count). The first-order chi connectivity index (χ1) is 15.6. The van der Waals surface area contributed by atoms with E-state index in [1.807, 2.05) is 36.4 Å². The first kappa shape index (κ1) is 22.3. The largest absolute Gasteiger partial charge is 0.399 e. The van der Waals surface area contributed by atoms with Gasteiger partial charge in [-0.3, -0.25) is 14.7 Å². The van der Waals surface area contributed by atoms with Crippen molar-refractivity contribution in [1.29, 1.82) is 0 Å². The number of oxime groups is 1. The smallest absolute Gasteiger partial charge is 0.225 e. The van der Waals surface area contributed by atoms with Crippen molar-refractivity contribution in [3.63, 3.8) is 0 Å². The molecule has 2 N–H and O–H groups in total. The van der Waals surface area contributed by atoms with Crippen LogP contribution in [0, 0.1) is 11.8 Å². The van der Waals surface area contributed by atoms with Gasteiger partial charge in [0, 0.05) is 43.4 Å². The SMILES string of the molecule is CO/N=C(\c1ccccn1)C1CCN(C(=O)C2CCN(Cc3cccc(N)c3)CC2)CC1. The molecule has 1 amide bonds. The van der Waals surface area contributed by atoms with E-state index in [0.29, 0.717) is 5.91 Å². The summed E-state index contributed by atoms with van der Waals surface area (Å²) in [6.07, 6.45) is 5.40. The first-order valence-electron chi connectivity index (χ1n) is 11.5. The van der Waals surface area contributed by atoms with E-state index in [4.69, 9.17) is 10.6 Å². The normalized spacial score (nSPS) is 19.2. The van der Waals surface area contributed by atoms with Crippen molar-refractivity contribution in [2.75, 3.05) is 39.0 Å². The number of amides is 1. The second-order valence-electron chi connectivity index (χ2n) is 8.77. The number of carbonyl (C=O) groups is 1. The summed E-state index contributed by atoms with van der Waals surface area (Å²) < 4.78 is 0. The second kappa shape index (κ2) is 10.6. The van der Waals surface area contributed by atoms with Gasteiger partial charge in [0.15, 0.2) is 0 Å². The molecular weight excluding hydrogens is 402 g/mol. The van der Waals surface area contributed by atoms with Crippen LogP contribution in [0.3, 0.4) is 0 Å². The van der Waals surface area contributed by atoms with Crippen LogP contribution in [0.2, 0.25) is 0 Å². The maximum absolute atomic E-state index is 13.2. The van der Waals surface area contributed by atoms with Crippen LogP contribution in [0.5, 0.6) is 0 Å². The van der Waals surface area contributed by atoms with Crippen LogP contribution < -0.4 is 5.73 Å². The third-order valence-electron chi connectivity index (χ3n) is 6.60. The van der Waals surface area contributed by atoms with Gasteiger partial charge in [-0.2, -0.15) is 0 Å². The summed E-state index contributed by atoms with van der Waals surface area (Å²) in [5.74, 6) is 0.704. The maximum Gasteiger partial charge on any atom is 0.225 e. The number of nitrogens with two attached hydrogens (primary N) is 1. The number of hydrogen-bond acceptors (Lipinski definition) is 6. The Hall–Kier alpha value is -2.93. The van der Waals surface area contributed by atoms with Gasteiger partial charge in [-0.15, -0.1) is 0 Å². The van der Waals surface area contributed by atoms with E-state index >= 15 is 0 Å². The Balaban J connectivity index is 1.27. The summed E-state index contributed by atoms with van der Waals surface area (Å²) in [6.45, 7) is 4.33. The van der Waals surface area contributed by atoms with Crippen LogP contribution in [0.15, 0.2) is 53.8 Å². The van der Waals surface area contributed by atoms with E-state index in [2.05, 4.69) is 26.0 Å². The fraction of sp³-hybridized carbons (Fsp3) is 0.480. The number of nitrogen functional groups attached to an aromatic ring is 1. The minimum absolute atomic E-state index is 0.131. The minimum Gasteiger partial charge on any atom is -0.399 e. The molecule has 0 aliphatic carbocycles. The standard InChI is InChI=1S/C25H33N5O2/c1-32-28-24(23-7-2-3-12-27-23)20-10-15-30(16-11-20)25(31)21-8-13-29(14-9-21)18-19-5-4-6-22(26)17-19/h2-7,12,17,20-21H,8-11,13-16,18,26H2,1H3/b28-24-. The number of pyridine rings is 1. The fourth-order valence-electron chi connectivity index (χ4n) is 4.86. The number of rotatable bonds is 6. The molecule has 3 heterocycles. The van der Waals surface area contributed by atoms with Crippen molar-refractivity contribution in [3.05, 3.63) is 59.9 Å². The van der Waals surface area contributed by atoms with Crippen molar-refractivity contribution in [1.82, 2.24) is 14.8 Å². The van der Waals surface area contributed by atoms with Gasteiger partial charge >= 0.3 is 0 Å². The second-order valence-corrected chi connectivity index (χ2v) is 8.77. The van der Waals surface area contributed by atoms with E-state index in [0.717, 1.165) is 75.5 Å². The molecule has 7 heteroatoms. The summed E-state index contributed by atoms with van der Waals surface area (Å²) in [5.41, 5.74) is 9.68. The average molecular weight is 436 g/mol. The van der Waals surface area contributed by atoms with Crippen molar-refractivity contribution >= 4 is 17.3 Å². The number of anilines is 1. The van der Waals surface area contributed by atoms with Crippen LogP contribution in [0.4, 0.5) is 5.69 Å². The lowest BCUT2D eigenvalue weighted by Gasteiger charge is -2.37. The Morgan fingerprint density at radius 2 is 1.81 bits per heavy atom. The van der Waals surface area contributed by atoms with E-state index in [-0.39, 0.29) is 11.8 Å². The molecule has 2 aliphatic heterocycles. The summed E-state index contributed by atoms with van der Waals surface area (Å²) in [5, 5.41) is 4.26. The van der Waals surface area contributed by atoms with Gasteiger partial charge in [0.1, 0.15) is 12.8 Å². The lowest BCUT2D eigenvalue weighted by Crippen LogP contribution is -2.46. The number of piperidine rings is 2. The number of likely N-dealkylation sites (tertiary alicyclic amines) is 2. The molecule has 0 saturated carbocycles. The average Bonchev–Trinajstić information content (AvgIpc) is 2.83. The highest BCUT2D eigenvalue weighted by Crippen LogP contribution is 2.26. The highest BCUT2D eigenvalue weighted by atomic mass is 16.6. The molecule has 32 heavy (non-hydrogen) atoms. The van der Waals surface area contributed by atoms with Crippen LogP contribution in [-0.2, 0) is 16.2 Å². The zero-order valence-corrected chi connectivity index (χ0v) is 18.8. The van der Waals surface area contributed by atoms with Crippen molar-refractivity contribution < 1.29 is 9.63 Å². The highest BCUT2D eigenvalue weighted by molar-refractivity contribution is 6.00. The molecule has 7 nitrogen and oxygen atoms in total. The van der Waals surface area contributed by atoms with Gasteiger partial charge in [-0.25, -0.2) is 0 Å². The monoisotopic (exact) mass is 435 g/mol. The molecule has 0 unspecified atom stereocenters. The molecule has 2 saturated heterocycles. The number of benzene rings is 1. The summed E-state index contributed by atoms with van der Waals surface area (Å²) >= 11 is 0. The molecule has 2 fully saturated rings. The summed E-state index contributed by atoms with van der Waals surface area (Å²) in [6, 6.07) is 13.9. The molecule has 170 valence electrons. The van der Waals surface area contributed by atoms with Crippen LogP contribution in [0.25, 0.3) is 0 Å². The van der Waals surface area contributed by atoms with Crippen LogP contribution >= 0.6 is 0 Å². The summed E-state index contributed by atoms with van der Waals surface area (Å²) in [7, 11) is 1.57. The highest BCUT2D eigenvalue weighted by Gasteiger charge is 2.32. The number of hydrogen-bond donors (Lipinski definition) is 1. The molecule has 0 spiro atoms. The Labute approximate surface area is 190 Å². The van der Waals surface area contributed by atoms with Gasteiger partial charge in [-0.1, -0.05) is 23.4 Å². The molecule has 2 aliphatic rings. The van der Waals surface area contributed by atoms with Crippen LogP contribution in [-0.4, -0.2) is 59.7 Å². The Bertz CT molecular complexity index is 917. The van der Waals surface area contributed by atoms with E-state index in [1.165, 1.54) is 5.56 Å². The maximum atomic E-state index is 13.2. The van der Waals surface area contributed by atoms with E-state index < -0.39 is 0 Å². The molecule has 1 aromatic carbocycles. The number of carbonyl (C=O) groups excluding carboxylic acids is 1. The topological polar surface area (TPSA) is 84.1 Å². The Morgan fingerprint density at radius 3 is 2.47 bits per heavy atom. The molecule has 2 aromatic rings. The Kier molecular flexibility index (Phi) is 7.37. The fourth-order valence-corrected chi connectivity index (χ4v) is 4.86. The zero-order valence-electron chi connectivity index (χ0n) is 18.8. The van der Waals surface area contributed by atoms with Crippen molar-refractivity contribution in [2.24, 2.45) is 17.0 Å². The van der Waals surface area contributed by atoms with Gasteiger partial charge < -0.3 is 15.5 Å². The third-order valence-corrected chi connectivity index (χ3v) is 6.60. The lowest BCUT2D eigenvalue weighted by atomic mass is 9.88. The van der Waals surface area contributed by atoms with Crippen molar-refractivity contribution in [2.45, 2.75) is 32.2 Å². The predicted molar refractivity (Wildman–Crippen MR) is 126 cm³/mol. The molecule has 0 bridgehead atoms. The van der Waals surface area contributed by atoms with E-state index in [1.54, 1.807) is 13.3 Å². The zero-order chi connectivity index (χ0) is 22.3. The van der Waals surface area contributed by atoms with Gasteiger partial charge in [0.25, 0.3) is 0 Å². The minimum atomic E-state index is 0.131. The number of nitrogens with zero attached hydrogens (tertiary/aromatic N) is 4. The molecule has 0 radical (unpaired) electrons. The lowest BCUT2D eigenvalue weighted by molar-refractivity contribution is -0.138. The molecule has 1 aromatic heterocycles. The van der Waals surface area contributed by atoms with Gasteiger partial charge in [0.2, 0.25) is 5.91 Å². The van der Waals surface area contributed by atoms with Gasteiger partial charge in [0.05, 0.1) is 5.69 Å². The molecular formula is C25H33N5O2. The van der Waals surface area contributed by atoms with Crippen molar-refractivity contribution in [3.8, 4) is 0 Å². The van der Waals surface area contributed by atoms with E-state index in [9.17, 15) is 4.79 Å². The Morgan fingerprint density at radius 1 is 1.06 bits per heavy atom. The summed E-state index contributed by atoms with van der Waals surface area (Å²) in [4.78, 5) is 27.2. The first-order valence-corrected chi connectivity index (χ1v) is 11.5. The predicted octanol–water partition coefficient (Wildman–Crippen LogP) is 3.17.